The van der Waals surface area contributed by atoms with Gasteiger partial charge in [0.05, 0.1) is 0 Å². The van der Waals surface area contributed by atoms with Crippen LogP contribution in [0.15, 0.2) is 16.5 Å². The summed E-state index contributed by atoms with van der Waals surface area (Å²) in [6.45, 7) is 8.03. The van der Waals surface area contributed by atoms with Gasteiger partial charge in [-0.05, 0) is 43.7 Å². The number of furan rings is 1. The SMILES string of the molecule is CC(=O)CC(C)(C)C1CC1c1ccc(C)o1. The molecular formula is C14H20O2. The van der Waals surface area contributed by atoms with Crippen molar-refractivity contribution < 1.29 is 9.21 Å². The molecule has 0 bridgehead atoms. The van der Waals surface area contributed by atoms with Gasteiger partial charge in [-0.15, -0.1) is 0 Å². The van der Waals surface area contributed by atoms with Crippen LogP contribution in [0.1, 0.15) is 51.1 Å². The van der Waals surface area contributed by atoms with E-state index in [0.29, 0.717) is 18.3 Å². The van der Waals surface area contributed by atoms with Gasteiger partial charge in [-0.1, -0.05) is 13.8 Å². The fraction of sp³-hybridized carbons (Fsp3) is 0.643. The van der Waals surface area contributed by atoms with E-state index < -0.39 is 0 Å². The number of carbonyl (C=O) groups excluding carboxylic acids is 1. The smallest absolute Gasteiger partial charge is 0.130 e. The predicted molar refractivity (Wildman–Crippen MR) is 63.4 cm³/mol. The quantitative estimate of drug-likeness (QED) is 0.774. The van der Waals surface area contributed by atoms with E-state index in [1.807, 2.05) is 13.0 Å². The second-order valence-electron chi connectivity index (χ2n) is 5.76. The molecule has 0 aromatic carbocycles. The minimum atomic E-state index is 0.108. The number of ketones is 1. The summed E-state index contributed by atoms with van der Waals surface area (Å²) in [5.41, 5.74) is 0.108. The zero-order chi connectivity index (χ0) is 11.9. The summed E-state index contributed by atoms with van der Waals surface area (Å²) in [6.07, 6.45) is 1.83. The Bertz CT molecular complexity index is 401. The zero-order valence-corrected chi connectivity index (χ0v) is 10.5. The summed E-state index contributed by atoms with van der Waals surface area (Å²) < 4.78 is 5.65. The molecule has 0 amide bonds. The molecule has 2 unspecified atom stereocenters. The van der Waals surface area contributed by atoms with E-state index >= 15 is 0 Å². The minimum Gasteiger partial charge on any atom is -0.466 e. The third kappa shape index (κ3) is 2.21. The Balaban J connectivity index is 2.03. The number of aryl methyl sites for hydroxylation is 1. The van der Waals surface area contributed by atoms with E-state index in [0.717, 1.165) is 17.9 Å². The maximum Gasteiger partial charge on any atom is 0.130 e. The Morgan fingerprint density at radius 2 is 2.19 bits per heavy atom. The Labute approximate surface area is 97.0 Å². The molecule has 0 aliphatic heterocycles. The van der Waals surface area contributed by atoms with Gasteiger partial charge in [-0.3, -0.25) is 0 Å². The van der Waals surface area contributed by atoms with Crippen LogP contribution >= 0.6 is 0 Å². The average Bonchev–Trinajstić information content (AvgIpc) is 2.83. The standard InChI is InChI=1S/C14H20O2/c1-9(15)8-14(3,4)12-7-11(12)13-6-5-10(2)16-13/h5-6,11-12H,7-8H2,1-4H3. The van der Waals surface area contributed by atoms with Crippen molar-refractivity contribution in [3.05, 3.63) is 23.7 Å². The minimum absolute atomic E-state index is 0.108. The first-order valence-electron chi connectivity index (χ1n) is 5.96. The molecule has 16 heavy (non-hydrogen) atoms. The largest absolute Gasteiger partial charge is 0.466 e. The number of rotatable bonds is 4. The summed E-state index contributed by atoms with van der Waals surface area (Å²) in [5, 5.41) is 0. The van der Waals surface area contributed by atoms with Crippen molar-refractivity contribution in [2.24, 2.45) is 11.3 Å². The third-order valence-corrected chi connectivity index (χ3v) is 3.63. The van der Waals surface area contributed by atoms with Crippen LogP contribution in [0.25, 0.3) is 0 Å². The molecule has 2 rings (SSSR count). The van der Waals surface area contributed by atoms with Crippen LogP contribution in [0, 0.1) is 18.3 Å². The second-order valence-corrected chi connectivity index (χ2v) is 5.76. The molecule has 0 radical (unpaired) electrons. The van der Waals surface area contributed by atoms with Gasteiger partial charge in [0, 0.05) is 12.3 Å². The van der Waals surface area contributed by atoms with Crippen LogP contribution in [-0.2, 0) is 4.79 Å². The molecule has 2 heteroatoms. The van der Waals surface area contributed by atoms with Crippen LogP contribution in [0.4, 0.5) is 0 Å². The van der Waals surface area contributed by atoms with Crippen molar-refractivity contribution in [1.29, 1.82) is 0 Å². The number of carbonyl (C=O) groups is 1. The van der Waals surface area contributed by atoms with Crippen molar-refractivity contribution in [2.75, 3.05) is 0 Å². The normalized spacial score (nSPS) is 24.5. The lowest BCUT2D eigenvalue weighted by Gasteiger charge is -2.23. The third-order valence-electron chi connectivity index (χ3n) is 3.63. The highest BCUT2D eigenvalue weighted by atomic mass is 16.3. The van der Waals surface area contributed by atoms with Gasteiger partial charge in [-0.25, -0.2) is 0 Å². The maximum absolute atomic E-state index is 11.2. The average molecular weight is 220 g/mol. The lowest BCUT2D eigenvalue weighted by atomic mass is 9.81. The number of hydrogen-bond acceptors (Lipinski definition) is 2. The Hall–Kier alpha value is -1.05. The van der Waals surface area contributed by atoms with Gasteiger partial charge >= 0.3 is 0 Å². The van der Waals surface area contributed by atoms with Crippen LogP contribution < -0.4 is 0 Å². The molecule has 1 saturated carbocycles. The van der Waals surface area contributed by atoms with Crippen LogP contribution in [0.3, 0.4) is 0 Å². The topological polar surface area (TPSA) is 30.2 Å². The van der Waals surface area contributed by atoms with Gasteiger partial charge in [-0.2, -0.15) is 0 Å². The van der Waals surface area contributed by atoms with Gasteiger partial charge in [0.15, 0.2) is 0 Å². The second kappa shape index (κ2) is 3.76. The Morgan fingerprint density at radius 3 is 2.69 bits per heavy atom. The molecule has 1 heterocycles. The van der Waals surface area contributed by atoms with Crippen LogP contribution in [-0.4, -0.2) is 5.78 Å². The molecule has 1 aliphatic carbocycles. The molecule has 0 N–H and O–H groups in total. The first-order valence-corrected chi connectivity index (χ1v) is 5.96. The van der Waals surface area contributed by atoms with Crippen molar-refractivity contribution in [2.45, 2.75) is 46.5 Å². The van der Waals surface area contributed by atoms with Crippen molar-refractivity contribution in [3.8, 4) is 0 Å². The Morgan fingerprint density at radius 1 is 1.50 bits per heavy atom. The molecule has 2 atom stereocenters. The van der Waals surface area contributed by atoms with E-state index in [9.17, 15) is 4.79 Å². The van der Waals surface area contributed by atoms with E-state index in [4.69, 9.17) is 4.42 Å². The molecule has 1 fully saturated rings. The molecule has 2 nitrogen and oxygen atoms in total. The van der Waals surface area contributed by atoms with Crippen molar-refractivity contribution in [3.63, 3.8) is 0 Å². The molecule has 0 saturated heterocycles. The molecule has 1 aliphatic rings. The molecule has 1 aromatic heterocycles. The highest BCUT2D eigenvalue weighted by Gasteiger charge is 2.49. The van der Waals surface area contributed by atoms with Crippen molar-refractivity contribution >= 4 is 5.78 Å². The number of hydrogen-bond donors (Lipinski definition) is 0. The van der Waals surface area contributed by atoms with E-state index in [1.54, 1.807) is 6.92 Å². The van der Waals surface area contributed by atoms with E-state index in [1.165, 1.54) is 0 Å². The Kier molecular flexibility index (Phi) is 2.69. The molecule has 1 aromatic rings. The van der Waals surface area contributed by atoms with Gasteiger partial charge in [0.25, 0.3) is 0 Å². The zero-order valence-electron chi connectivity index (χ0n) is 10.5. The highest BCUT2D eigenvalue weighted by Crippen LogP contribution is 2.58. The monoisotopic (exact) mass is 220 g/mol. The van der Waals surface area contributed by atoms with Gasteiger partial charge < -0.3 is 9.21 Å². The molecular weight excluding hydrogens is 200 g/mol. The van der Waals surface area contributed by atoms with E-state index in [2.05, 4.69) is 19.9 Å². The first-order chi connectivity index (χ1) is 7.40. The fourth-order valence-corrected chi connectivity index (χ4v) is 2.80. The van der Waals surface area contributed by atoms with Crippen LogP contribution in [0.5, 0.6) is 0 Å². The molecule has 88 valence electrons. The van der Waals surface area contributed by atoms with Gasteiger partial charge in [0.1, 0.15) is 17.3 Å². The molecule has 0 spiro atoms. The van der Waals surface area contributed by atoms with Gasteiger partial charge in [0.2, 0.25) is 0 Å². The lowest BCUT2D eigenvalue weighted by Crippen LogP contribution is -2.18. The highest BCUT2D eigenvalue weighted by molar-refractivity contribution is 5.76. The van der Waals surface area contributed by atoms with Crippen molar-refractivity contribution in [1.82, 2.24) is 0 Å². The maximum atomic E-state index is 11.2. The summed E-state index contributed by atoms with van der Waals surface area (Å²) in [7, 11) is 0. The predicted octanol–water partition coefficient (Wildman–Crippen LogP) is 3.70. The summed E-state index contributed by atoms with van der Waals surface area (Å²) in [5.74, 6) is 3.49. The summed E-state index contributed by atoms with van der Waals surface area (Å²) in [6, 6.07) is 4.09. The first kappa shape index (κ1) is 11.4. The van der Waals surface area contributed by atoms with Crippen LogP contribution in [0.2, 0.25) is 0 Å². The summed E-state index contributed by atoms with van der Waals surface area (Å²) in [4.78, 5) is 11.2. The van der Waals surface area contributed by atoms with E-state index in [-0.39, 0.29) is 11.2 Å². The lowest BCUT2D eigenvalue weighted by molar-refractivity contribution is -0.119. The number of Topliss-reactive ketones (excluding diaryl/α,β-unsaturated/α-hetero) is 1. The summed E-state index contributed by atoms with van der Waals surface area (Å²) >= 11 is 0. The fourth-order valence-electron chi connectivity index (χ4n) is 2.80.